The van der Waals surface area contributed by atoms with Crippen LogP contribution in [-0.2, 0) is 11.2 Å². The summed E-state index contributed by atoms with van der Waals surface area (Å²) >= 11 is 1.07. The Morgan fingerprint density at radius 1 is 1.00 bits per heavy atom. The smallest absolute Gasteiger partial charge is 0.406 e. The summed E-state index contributed by atoms with van der Waals surface area (Å²) in [7, 11) is 0. The number of carbonyl (C=O) groups is 2. The van der Waals surface area contributed by atoms with Crippen molar-refractivity contribution in [3.05, 3.63) is 120 Å². The Morgan fingerprint density at radius 2 is 1.75 bits per heavy atom. The van der Waals surface area contributed by atoms with Crippen molar-refractivity contribution in [1.82, 2.24) is 14.8 Å². The summed E-state index contributed by atoms with van der Waals surface area (Å²) in [6.07, 6.45) is -3.11. The summed E-state index contributed by atoms with van der Waals surface area (Å²) in [5.74, 6) is -1.69. The zero-order valence-corrected chi connectivity index (χ0v) is 25.6. The van der Waals surface area contributed by atoms with Crippen LogP contribution < -0.4 is 15.0 Å². The fourth-order valence-corrected chi connectivity index (χ4v) is 5.70. The van der Waals surface area contributed by atoms with Gasteiger partial charge in [0, 0.05) is 5.56 Å². The normalized spacial score (nSPS) is 14.1. The number of amidine groups is 1. The Balaban J connectivity index is 1.17. The van der Waals surface area contributed by atoms with E-state index in [0.29, 0.717) is 17.8 Å². The van der Waals surface area contributed by atoms with Crippen LogP contribution in [0.25, 0.3) is 17.1 Å². The van der Waals surface area contributed by atoms with Crippen molar-refractivity contribution in [2.24, 2.45) is 4.99 Å². The topological polar surface area (TPSA) is 102 Å². The molecule has 0 aliphatic carbocycles. The Kier molecular flexibility index (Phi) is 8.95. The molecule has 1 fully saturated rings. The number of aliphatic imine (C=N–C) groups is 1. The van der Waals surface area contributed by atoms with Crippen LogP contribution in [0.5, 0.6) is 5.75 Å². The molecule has 244 valence electrons. The summed E-state index contributed by atoms with van der Waals surface area (Å²) in [5.41, 5.74) is 3.47. The van der Waals surface area contributed by atoms with E-state index < -0.39 is 24.0 Å². The quantitative estimate of drug-likeness (QED) is 0.177. The van der Waals surface area contributed by atoms with E-state index in [-0.39, 0.29) is 39.7 Å². The van der Waals surface area contributed by atoms with Crippen molar-refractivity contribution in [2.75, 3.05) is 16.0 Å². The van der Waals surface area contributed by atoms with Gasteiger partial charge in [0.2, 0.25) is 5.91 Å². The highest BCUT2D eigenvalue weighted by Crippen LogP contribution is 2.32. The van der Waals surface area contributed by atoms with E-state index in [1.54, 1.807) is 18.2 Å². The molecule has 9 nitrogen and oxygen atoms in total. The lowest BCUT2D eigenvalue weighted by molar-refractivity contribution is -0.274. The van der Waals surface area contributed by atoms with Crippen LogP contribution in [0.1, 0.15) is 16.7 Å². The number of ether oxygens (including phenoxy) is 1. The number of nitrogens with zero attached hydrogens (tertiary/aromatic N) is 5. The molecular formula is C33H23F5N6O3S. The number of benzene rings is 4. The first-order valence-corrected chi connectivity index (χ1v) is 15.2. The number of halogens is 5. The number of rotatable bonds is 7. The number of anilines is 2. The lowest BCUT2D eigenvalue weighted by Gasteiger charge is -2.20. The van der Waals surface area contributed by atoms with Crippen LogP contribution in [0.2, 0.25) is 0 Å². The molecule has 4 aromatic carbocycles. The highest BCUT2D eigenvalue weighted by Gasteiger charge is 2.33. The SMILES string of the molecule is Cc1ccc(Cc2ccc(F)cc2)c(N2C(=O)CS/C2=N\C(=O)Nc2ccc(-c3ncn(-c4ccc(OC(F)(F)F)cc4)n3)cc2F)c1. The van der Waals surface area contributed by atoms with E-state index in [1.807, 2.05) is 19.1 Å². The van der Waals surface area contributed by atoms with Crippen LogP contribution in [0, 0.1) is 18.6 Å². The number of alkyl halides is 3. The molecule has 1 N–H and O–H groups in total. The Labute approximate surface area is 274 Å². The van der Waals surface area contributed by atoms with Crippen molar-refractivity contribution in [3.8, 4) is 22.8 Å². The molecule has 6 rings (SSSR count). The van der Waals surface area contributed by atoms with Gasteiger partial charge in [0.05, 0.1) is 22.8 Å². The van der Waals surface area contributed by atoms with E-state index in [9.17, 15) is 27.2 Å². The molecule has 0 saturated carbocycles. The molecule has 48 heavy (non-hydrogen) atoms. The number of nitrogens with one attached hydrogen (secondary N) is 1. The van der Waals surface area contributed by atoms with Gasteiger partial charge in [-0.2, -0.15) is 4.99 Å². The molecule has 1 aliphatic rings. The van der Waals surface area contributed by atoms with Gasteiger partial charge in [0.15, 0.2) is 11.0 Å². The molecule has 5 aromatic rings. The minimum absolute atomic E-state index is 0.0459. The highest BCUT2D eigenvalue weighted by atomic mass is 32.2. The van der Waals surface area contributed by atoms with Crippen LogP contribution in [-0.4, -0.2) is 44.0 Å². The van der Waals surface area contributed by atoms with Crippen LogP contribution in [0.3, 0.4) is 0 Å². The van der Waals surface area contributed by atoms with E-state index in [0.717, 1.165) is 46.7 Å². The van der Waals surface area contributed by atoms with Gasteiger partial charge in [-0.25, -0.2) is 23.2 Å². The molecule has 0 bridgehead atoms. The molecule has 1 aliphatic heterocycles. The highest BCUT2D eigenvalue weighted by molar-refractivity contribution is 8.15. The molecule has 2 heterocycles. The summed E-state index contributed by atoms with van der Waals surface area (Å²) in [6.45, 7) is 1.86. The minimum Gasteiger partial charge on any atom is -0.406 e. The monoisotopic (exact) mass is 678 g/mol. The average Bonchev–Trinajstić information content (AvgIpc) is 3.67. The zero-order chi connectivity index (χ0) is 34.0. The first-order valence-electron chi connectivity index (χ1n) is 14.2. The summed E-state index contributed by atoms with van der Waals surface area (Å²) in [6, 6.07) is 19.5. The van der Waals surface area contributed by atoms with Gasteiger partial charge >= 0.3 is 12.4 Å². The predicted molar refractivity (Wildman–Crippen MR) is 170 cm³/mol. The number of hydrogen-bond donors (Lipinski definition) is 1. The van der Waals surface area contributed by atoms with Crippen molar-refractivity contribution < 1.29 is 36.3 Å². The van der Waals surface area contributed by atoms with Crippen LogP contribution in [0.4, 0.5) is 38.1 Å². The standard InChI is InChI=1S/C33H23F5N6O3S/c1-19-2-5-21(15-20-3-7-23(34)8-4-20)28(14-19)44-29(45)17-48-32(44)41-31(46)40-27-13-6-22(16-26(27)35)30-39-18-43(42-30)24-9-11-25(12-10-24)47-33(36,37)38/h2-14,16,18H,15,17H2,1H3,(H,40,46)/b41-32-. The predicted octanol–water partition coefficient (Wildman–Crippen LogP) is 7.68. The lowest BCUT2D eigenvalue weighted by atomic mass is 10.0. The van der Waals surface area contributed by atoms with Gasteiger partial charge in [-0.15, -0.1) is 18.3 Å². The van der Waals surface area contributed by atoms with E-state index in [2.05, 4.69) is 25.1 Å². The number of carbonyl (C=O) groups excluding carboxylic acids is 2. The second kappa shape index (κ2) is 13.3. The number of amides is 3. The zero-order valence-electron chi connectivity index (χ0n) is 24.8. The molecule has 3 amide bonds. The molecule has 1 saturated heterocycles. The van der Waals surface area contributed by atoms with Gasteiger partial charge in [-0.3, -0.25) is 9.69 Å². The van der Waals surface area contributed by atoms with Crippen LogP contribution in [0.15, 0.2) is 96.2 Å². The van der Waals surface area contributed by atoms with Gasteiger partial charge < -0.3 is 10.1 Å². The number of urea groups is 1. The molecular weight excluding hydrogens is 655 g/mol. The Bertz CT molecular complexity index is 2030. The first-order chi connectivity index (χ1) is 22.9. The van der Waals surface area contributed by atoms with Gasteiger partial charge in [0.25, 0.3) is 0 Å². The lowest BCUT2D eigenvalue weighted by Crippen LogP contribution is -2.31. The molecule has 1 aromatic heterocycles. The minimum atomic E-state index is -4.82. The summed E-state index contributed by atoms with van der Waals surface area (Å²) < 4.78 is 71.0. The van der Waals surface area contributed by atoms with Crippen molar-refractivity contribution in [1.29, 1.82) is 0 Å². The third-order valence-electron chi connectivity index (χ3n) is 7.05. The Hall–Kier alpha value is -5.57. The van der Waals surface area contributed by atoms with Crippen LogP contribution >= 0.6 is 11.8 Å². The average molecular weight is 679 g/mol. The number of thioether (sulfide) groups is 1. The number of hydrogen-bond acceptors (Lipinski definition) is 6. The van der Waals surface area contributed by atoms with Gasteiger partial charge in [-0.05, 0) is 90.7 Å². The van der Waals surface area contributed by atoms with E-state index in [1.165, 1.54) is 52.3 Å². The van der Waals surface area contributed by atoms with Crippen molar-refractivity contribution >= 4 is 40.2 Å². The fourth-order valence-electron chi connectivity index (χ4n) is 4.84. The second-order valence-corrected chi connectivity index (χ2v) is 11.5. The third-order valence-corrected chi connectivity index (χ3v) is 7.97. The maximum Gasteiger partial charge on any atom is 0.573 e. The van der Waals surface area contributed by atoms with E-state index >= 15 is 4.39 Å². The first kappa shape index (κ1) is 32.4. The maximum absolute atomic E-state index is 15.1. The largest absolute Gasteiger partial charge is 0.573 e. The Morgan fingerprint density at radius 3 is 2.46 bits per heavy atom. The summed E-state index contributed by atoms with van der Waals surface area (Å²) in [5, 5.41) is 6.77. The maximum atomic E-state index is 15.1. The third kappa shape index (κ3) is 7.52. The number of aromatic nitrogens is 3. The molecule has 0 spiro atoms. The van der Waals surface area contributed by atoms with Gasteiger partial charge in [-0.1, -0.05) is 36.0 Å². The second-order valence-electron chi connectivity index (χ2n) is 10.5. The number of aryl methyl sites for hydroxylation is 1. The van der Waals surface area contributed by atoms with E-state index in [4.69, 9.17) is 0 Å². The molecule has 0 atom stereocenters. The molecule has 15 heteroatoms. The van der Waals surface area contributed by atoms with Gasteiger partial charge in [0.1, 0.15) is 23.7 Å². The summed E-state index contributed by atoms with van der Waals surface area (Å²) in [4.78, 5) is 35.5. The fraction of sp³-hybridized carbons (Fsp3) is 0.121. The van der Waals surface area contributed by atoms with Crippen molar-refractivity contribution in [2.45, 2.75) is 19.7 Å². The molecule has 0 radical (unpaired) electrons. The molecule has 0 unspecified atom stereocenters. The van der Waals surface area contributed by atoms with Crippen molar-refractivity contribution in [3.63, 3.8) is 0 Å².